The van der Waals surface area contributed by atoms with Crippen molar-refractivity contribution in [2.75, 3.05) is 6.61 Å². The first-order valence-electron chi connectivity index (χ1n) is 2.93. The standard InChI is InChI=1S/C6H7BrO3/c1-2-9-6-4(7)3-5(8)10-6/h3,6H,2H2,1H3/t6-/m1/s1. The summed E-state index contributed by atoms with van der Waals surface area (Å²) in [5, 5.41) is 0. The number of cyclic esters (lactones) is 1. The summed E-state index contributed by atoms with van der Waals surface area (Å²) in [7, 11) is 0. The minimum absolute atomic E-state index is 0.356. The molecular formula is C6H7BrO3. The zero-order valence-corrected chi connectivity index (χ0v) is 7.05. The first-order valence-corrected chi connectivity index (χ1v) is 3.72. The molecule has 0 aromatic heterocycles. The van der Waals surface area contributed by atoms with Crippen molar-refractivity contribution in [2.24, 2.45) is 0 Å². The molecule has 0 radical (unpaired) electrons. The molecule has 1 atom stereocenters. The molecule has 4 heteroatoms. The van der Waals surface area contributed by atoms with Crippen LogP contribution in [0.25, 0.3) is 0 Å². The van der Waals surface area contributed by atoms with Crippen molar-refractivity contribution >= 4 is 21.9 Å². The molecule has 1 aliphatic heterocycles. The predicted octanol–water partition coefficient (Wildman–Crippen LogP) is 1.18. The Hall–Kier alpha value is -0.350. The lowest BCUT2D eigenvalue weighted by Crippen LogP contribution is -2.13. The molecule has 0 amide bonds. The molecule has 3 nitrogen and oxygen atoms in total. The van der Waals surface area contributed by atoms with Gasteiger partial charge < -0.3 is 9.47 Å². The molecule has 0 fully saturated rings. The van der Waals surface area contributed by atoms with E-state index in [1.165, 1.54) is 6.08 Å². The summed E-state index contributed by atoms with van der Waals surface area (Å²) >= 11 is 3.14. The van der Waals surface area contributed by atoms with Gasteiger partial charge in [-0.15, -0.1) is 0 Å². The second-order valence-corrected chi connectivity index (χ2v) is 2.67. The first kappa shape index (κ1) is 7.75. The Kier molecular flexibility index (Phi) is 2.45. The molecule has 10 heavy (non-hydrogen) atoms. The molecule has 0 aliphatic carbocycles. The topological polar surface area (TPSA) is 35.5 Å². The monoisotopic (exact) mass is 206 g/mol. The van der Waals surface area contributed by atoms with Crippen molar-refractivity contribution in [1.29, 1.82) is 0 Å². The van der Waals surface area contributed by atoms with Crippen LogP contribution in [-0.4, -0.2) is 18.9 Å². The van der Waals surface area contributed by atoms with Crippen LogP contribution in [0.2, 0.25) is 0 Å². The van der Waals surface area contributed by atoms with Gasteiger partial charge in [0.05, 0.1) is 4.48 Å². The molecule has 56 valence electrons. The van der Waals surface area contributed by atoms with Crippen LogP contribution in [0.1, 0.15) is 6.92 Å². The molecule has 0 N–H and O–H groups in total. The van der Waals surface area contributed by atoms with E-state index in [1.54, 1.807) is 0 Å². The normalized spacial score (nSPS) is 24.4. The Morgan fingerprint density at radius 1 is 1.90 bits per heavy atom. The maximum absolute atomic E-state index is 10.5. The summed E-state index contributed by atoms with van der Waals surface area (Å²) in [5.41, 5.74) is 0. The van der Waals surface area contributed by atoms with E-state index in [-0.39, 0.29) is 5.97 Å². The Morgan fingerprint density at radius 2 is 2.60 bits per heavy atom. The van der Waals surface area contributed by atoms with Gasteiger partial charge in [0.1, 0.15) is 0 Å². The molecule has 0 aromatic carbocycles. The maximum Gasteiger partial charge on any atom is 0.334 e. The quantitative estimate of drug-likeness (QED) is 0.638. The van der Waals surface area contributed by atoms with E-state index < -0.39 is 6.29 Å². The van der Waals surface area contributed by atoms with Gasteiger partial charge in [-0.1, -0.05) is 0 Å². The van der Waals surface area contributed by atoms with Gasteiger partial charge in [-0.2, -0.15) is 0 Å². The third-order valence-corrected chi connectivity index (χ3v) is 1.62. The Morgan fingerprint density at radius 3 is 3.00 bits per heavy atom. The summed E-state index contributed by atoms with van der Waals surface area (Å²) in [6.07, 6.45) is 0.845. The summed E-state index contributed by atoms with van der Waals surface area (Å²) in [6.45, 7) is 2.37. The lowest BCUT2D eigenvalue weighted by Gasteiger charge is -2.08. The third kappa shape index (κ3) is 1.58. The van der Waals surface area contributed by atoms with E-state index in [0.29, 0.717) is 11.1 Å². The molecule has 0 bridgehead atoms. The molecule has 0 saturated carbocycles. The van der Waals surface area contributed by atoms with E-state index in [2.05, 4.69) is 15.9 Å². The van der Waals surface area contributed by atoms with Gasteiger partial charge >= 0.3 is 5.97 Å². The Labute approximate surface area is 67.1 Å². The summed E-state index contributed by atoms with van der Waals surface area (Å²) in [5.74, 6) is -0.356. The highest BCUT2D eigenvalue weighted by atomic mass is 79.9. The Balaban J connectivity index is 2.51. The SMILES string of the molecule is CCO[C@@H]1OC(=O)C=C1Br. The lowest BCUT2D eigenvalue weighted by atomic mass is 10.5. The van der Waals surface area contributed by atoms with Gasteiger partial charge in [0.15, 0.2) is 0 Å². The smallest absolute Gasteiger partial charge is 0.334 e. The minimum Gasteiger partial charge on any atom is -0.427 e. The zero-order valence-electron chi connectivity index (χ0n) is 5.46. The van der Waals surface area contributed by atoms with Gasteiger partial charge in [0.25, 0.3) is 0 Å². The van der Waals surface area contributed by atoms with Crippen LogP contribution >= 0.6 is 15.9 Å². The summed E-state index contributed by atoms with van der Waals surface area (Å²) < 4.78 is 10.4. The van der Waals surface area contributed by atoms with Crippen LogP contribution in [0.15, 0.2) is 10.6 Å². The first-order chi connectivity index (χ1) is 4.74. The Bertz CT molecular complexity index is 176. The van der Waals surface area contributed by atoms with Crippen LogP contribution in [0, 0.1) is 0 Å². The number of carbonyl (C=O) groups excluding carboxylic acids is 1. The van der Waals surface area contributed by atoms with E-state index in [0.717, 1.165) is 0 Å². The highest BCUT2D eigenvalue weighted by Crippen LogP contribution is 2.21. The molecule has 1 heterocycles. The molecule has 0 saturated heterocycles. The van der Waals surface area contributed by atoms with Gasteiger partial charge in [-0.05, 0) is 22.9 Å². The maximum atomic E-state index is 10.5. The van der Waals surface area contributed by atoms with Crippen LogP contribution in [0.5, 0.6) is 0 Å². The second kappa shape index (κ2) is 3.16. The van der Waals surface area contributed by atoms with Gasteiger partial charge in [-0.25, -0.2) is 4.79 Å². The molecule has 0 spiro atoms. The number of halogens is 1. The van der Waals surface area contributed by atoms with Crippen LogP contribution in [-0.2, 0) is 14.3 Å². The molecule has 0 aromatic rings. The third-order valence-electron chi connectivity index (χ3n) is 1.02. The van der Waals surface area contributed by atoms with Crippen LogP contribution in [0.3, 0.4) is 0 Å². The fourth-order valence-corrected chi connectivity index (χ4v) is 1.05. The molecule has 1 rings (SSSR count). The average Bonchev–Trinajstić information content (AvgIpc) is 2.13. The van der Waals surface area contributed by atoms with Crippen molar-refractivity contribution in [2.45, 2.75) is 13.2 Å². The molecule has 1 aliphatic rings. The summed E-state index contributed by atoms with van der Waals surface area (Å²) in [4.78, 5) is 10.5. The van der Waals surface area contributed by atoms with Gasteiger partial charge in [-0.3, -0.25) is 0 Å². The molecular weight excluding hydrogens is 200 g/mol. The number of esters is 1. The predicted molar refractivity (Wildman–Crippen MR) is 38.5 cm³/mol. The number of hydrogen-bond donors (Lipinski definition) is 0. The summed E-state index contributed by atoms with van der Waals surface area (Å²) in [6, 6.07) is 0. The molecule has 0 unspecified atom stereocenters. The van der Waals surface area contributed by atoms with E-state index in [4.69, 9.17) is 9.47 Å². The van der Waals surface area contributed by atoms with Gasteiger partial charge in [0, 0.05) is 12.7 Å². The average molecular weight is 207 g/mol. The number of rotatable bonds is 2. The minimum atomic E-state index is -0.516. The van der Waals surface area contributed by atoms with Crippen molar-refractivity contribution in [3.05, 3.63) is 10.6 Å². The number of carbonyl (C=O) groups is 1. The van der Waals surface area contributed by atoms with Gasteiger partial charge in [0.2, 0.25) is 6.29 Å². The number of ether oxygens (including phenoxy) is 2. The second-order valence-electron chi connectivity index (χ2n) is 1.75. The van der Waals surface area contributed by atoms with E-state index in [9.17, 15) is 4.79 Å². The fourth-order valence-electron chi connectivity index (χ4n) is 0.641. The van der Waals surface area contributed by atoms with Crippen LogP contribution < -0.4 is 0 Å². The fraction of sp³-hybridized carbons (Fsp3) is 0.500. The van der Waals surface area contributed by atoms with Crippen molar-refractivity contribution in [3.63, 3.8) is 0 Å². The lowest BCUT2D eigenvalue weighted by molar-refractivity contribution is -0.157. The zero-order chi connectivity index (χ0) is 7.56. The largest absolute Gasteiger partial charge is 0.427 e. The van der Waals surface area contributed by atoms with Crippen LogP contribution in [0.4, 0.5) is 0 Å². The van der Waals surface area contributed by atoms with Crippen molar-refractivity contribution in [1.82, 2.24) is 0 Å². The highest BCUT2D eigenvalue weighted by Gasteiger charge is 2.23. The highest BCUT2D eigenvalue weighted by molar-refractivity contribution is 9.11. The van der Waals surface area contributed by atoms with Crippen molar-refractivity contribution < 1.29 is 14.3 Å². The number of hydrogen-bond acceptors (Lipinski definition) is 3. The van der Waals surface area contributed by atoms with E-state index in [1.807, 2.05) is 6.92 Å². The van der Waals surface area contributed by atoms with Crippen molar-refractivity contribution in [3.8, 4) is 0 Å². The van der Waals surface area contributed by atoms with E-state index >= 15 is 0 Å².